The van der Waals surface area contributed by atoms with E-state index in [4.69, 9.17) is 0 Å². The first kappa shape index (κ1) is 17.6. The SMILES string of the molecule is CS(=O)(=O)c1ccc(-c2cnn(Cc3ccccc3)c(=O)c2Br)cc1. The van der Waals surface area contributed by atoms with E-state index < -0.39 is 9.84 Å². The summed E-state index contributed by atoms with van der Waals surface area (Å²) in [5, 5.41) is 4.24. The zero-order valence-corrected chi connectivity index (χ0v) is 15.8. The van der Waals surface area contributed by atoms with Crippen LogP contribution in [0.4, 0.5) is 0 Å². The molecule has 0 N–H and O–H groups in total. The van der Waals surface area contributed by atoms with E-state index in [1.165, 1.54) is 16.8 Å². The lowest BCUT2D eigenvalue weighted by Gasteiger charge is -2.09. The first-order valence-corrected chi connectivity index (χ1v) is 10.1. The van der Waals surface area contributed by atoms with Crippen molar-refractivity contribution in [3.63, 3.8) is 0 Å². The third-order valence-electron chi connectivity index (χ3n) is 3.75. The Bertz CT molecular complexity index is 1060. The van der Waals surface area contributed by atoms with Crippen molar-refractivity contribution in [2.24, 2.45) is 0 Å². The summed E-state index contributed by atoms with van der Waals surface area (Å²) in [6, 6.07) is 16.0. The largest absolute Gasteiger partial charge is 0.281 e. The Balaban J connectivity index is 1.96. The van der Waals surface area contributed by atoms with Crippen LogP contribution in [0.2, 0.25) is 0 Å². The minimum absolute atomic E-state index is 0.234. The van der Waals surface area contributed by atoms with E-state index in [-0.39, 0.29) is 10.5 Å². The molecule has 128 valence electrons. The van der Waals surface area contributed by atoms with Gasteiger partial charge in [0.1, 0.15) is 0 Å². The zero-order valence-electron chi connectivity index (χ0n) is 13.4. The monoisotopic (exact) mass is 418 g/mol. The fourth-order valence-electron chi connectivity index (χ4n) is 2.42. The summed E-state index contributed by atoms with van der Waals surface area (Å²) >= 11 is 3.35. The van der Waals surface area contributed by atoms with Crippen LogP contribution in [0.1, 0.15) is 5.56 Å². The molecule has 1 aromatic heterocycles. The molecule has 0 radical (unpaired) electrons. The number of halogens is 1. The van der Waals surface area contributed by atoms with Gasteiger partial charge in [-0.25, -0.2) is 13.1 Å². The Labute approximate surface area is 154 Å². The van der Waals surface area contributed by atoms with Crippen LogP contribution < -0.4 is 5.56 Å². The molecule has 7 heteroatoms. The van der Waals surface area contributed by atoms with Crippen molar-refractivity contribution in [2.75, 3.05) is 6.26 Å². The van der Waals surface area contributed by atoms with Crippen LogP contribution in [0.25, 0.3) is 11.1 Å². The molecule has 0 amide bonds. The number of nitrogens with zero attached hydrogens (tertiary/aromatic N) is 2. The standard InChI is InChI=1S/C18H15BrN2O3S/c1-25(23,24)15-9-7-14(8-10-15)16-11-20-21(18(22)17(16)19)12-13-5-3-2-4-6-13/h2-11H,12H2,1H3. The zero-order chi connectivity index (χ0) is 18.0. The summed E-state index contributed by atoms with van der Waals surface area (Å²) in [5.41, 5.74) is 2.08. The second kappa shape index (κ2) is 6.93. The highest BCUT2D eigenvalue weighted by Gasteiger charge is 2.12. The highest BCUT2D eigenvalue weighted by atomic mass is 79.9. The molecule has 25 heavy (non-hydrogen) atoms. The molecule has 0 spiro atoms. The normalized spacial score (nSPS) is 11.4. The van der Waals surface area contributed by atoms with E-state index in [1.54, 1.807) is 18.3 Å². The van der Waals surface area contributed by atoms with E-state index >= 15 is 0 Å². The lowest BCUT2D eigenvalue weighted by atomic mass is 10.1. The van der Waals surface area contributed by atoms with Gasteiger partial charge in [0.25, 0.3) is 5.56 Å². The van der Waals surface area contributed by atoms with E-state index in [9.17, 15) is 13.2 Å². The minimum atomic E-state index is -3.25. The van der Waals surface area contributed by atoms with Crippen molar-refractivity contribution in [2.45, 2.75) is 11.4 Å². The first-order chi connectivity index (χ1) is 11.9. The van der Waals surface area contributed by atoms with Crippen LogP contribution in [0.5, 0.6) is 0 Å². The first-order valence-electron chi connectivity index (χ1n) is 7.46. The molecule has 0 saturated heterocycles. The highest BCUT2D eigenvalue weighted by Crippen LogP contribution is 2.25. The number of sulfone groups is 1. The lowest BCUT2D eigenvalue weighted by molar-refractivity contribution is 0.602. The Hall–Kier alpha value is -2.25. The lowest BCUT2D eigenvalue weighted by Crippen LogP contribution is -2.24. The Morgan fingerprint density at radius 1 is 1.04 bits per heavy atom. The number of aromatic nitrogens is 2. The smallest absolute Gasteiger partial charge is 0.266 e. The molecule has 0 aliphatic rings. The third kappa shape index (κ3) is 3.88. The maximum Gasteiger partial charge on any atom is 0.281 e. The van der Waals surface area contributed by atoms with Crippen LogP contribution in [-0.2, 0) is 16.4 Å². The van der Waals surface area contributed by atoms with Crippen molar-refractivity contribution in [1.82, 2.24) is 9.78 Å². The molecular formula is C18H15BrN2O3S. The van der Waals surface area contributed by atoms with Gasteiger partial charge in [0.2, 0.25) is 0 Å². The average Bonchev–Trinajstić information content (AvgIpc) is 2.59. The average molecular weight is 419 g/mol. The molecule has 0 unspecified atom stereocenters. The molecule has 1 heterocycles. The predicted octanol–water partition coefficient (Wildman–Crippen LogP) is 3.12. The maximum atomic E-state index is 12.6. The molecule has 0 aliphatic heterocycles. The van der Waals surface area contributed by atoms with Crippen LogP contribution in [0.3, 0.4) is 0 Å². The number of hydrogen-bond donors (Lipinski definition) is 0. The van der Waals surface area contributed by atoms with Crippen molar-refractivity contribution < 1.29 is 8.42 Å². The summed E-state index contributed by atoms with van der Waals surface area (Å²) < 4.78 is 24.9. The van der Waals surface area contributed by atoms with Gasteiger partial charge in [-0.3, -0.25) is 4.79 Å². The molecule has 0 fully saturated rings. The van der Waals surface area contributed by atoms with Crippen molar-refractivity contribution in [1.29, 1.82) is 0 Å². The Morgan fingerprint density at radius 3 is 2.28 bits per heavy atom. The molecular weight excluding hydrogens is 404 g/mol. The molecule has 3 aromatic rings. The van der Waals surface area contributed by atoms with Gasteiger partial charge in [-0.05, 0) is 39.2 Å². The number of rotatable bonds is 4. The van der Waals surface area contributed by atoms with E-state index in [0.717, 1.165) is 17.4 Å². The Kier molecular flexibility index (Phi) is 4.87. The van der Waals surface area contributed by atoms with Crippen LogP contribution >= 0.6 is 15.9 Å². The quantitative estimate of drug-likeness (QED) is 0.652. The minimum Gasteiger partial charge on any atom is -0.266 e. The van der Waals surface area contributed by atoms with Gasteiger partial charge >= 0.3 is 0 Å². The highest BCUT2D eigenvalue weighted by molar-refractivity contribution is 9.10. The molecule has 3 rings (SSSR count). The summed E-state index contributed by atoms with van der Waals surface area (Å²) in [6.45, 7) is 0.381. The molecule has 0 aliphatic carbocycles. The van der Waals surface area contributed by atoms with Crippen molar-refractivity contribution in [3.8, 4) is 11.1 Å². The van der Waals surface area contributed by atoms with Gasteiger partial charge in [0.05, 0.1) is 22.1 Å². The second-order valence-electron chi connectivity index (χ2n) is 5.62. The van der Waals surface area contributed by atoms with Gasteiger partial charge < -0.3 is 0 Å². The molecule has 2 aromatic carbocycles. The molecule has 0 saturated carbocycles. The summed E-state index contributed by atoms with van der Waals surface area (Å²) in [5.74, 6) is 0. The molecule has 5 nitrogen and oxygen atoms in total. The van der Waals surface area contributed by atoms with Gasteiger partial charge in [-0.1, -0.05) is 42.5 Å². The predicted molar refractivity (Wildman–Crippen MR) is 100 cm³/mol. The summed E-state index contributed by atoms with van der Waals surface area (Å²) in [4.78, 5) is 12.8. The maximum absolute atomic E-state index is 12.6. The third-order valence-corrected chi connectivity index (χ3v) is 5.65. The van der Waals surface area contributed by atoms with Gasteiger partial charge in [0, 0.05) is 11.8 Å². The topological polar surface area (TPSA) is 69.0 Å². The van der Waals surface area contributed by atoms with Gasteiger partial charge in [-0.2, -0.15) is 5.10 Å². The fraction of sp³-hybridized carbons (Fsp3) is 0.111. The van der Waals surface area contributed by atoms with Crippen LogP contribution in [0.15, 0.2) is 75.0 Å². The van der Waals surface area contributed by atoms with E-state index in [1.807, 2.05) is 30.3 Å². The summed E-state index contributed by atoms with van der Waals surface area (Å²) in [6.07, 6.45) is 2.76. The van der Waals surface area contributed by atoms with Gasteiger partial charge in [-0.15, -0.1) is 0 Å². The van der Waals surface area contributed by atoms with Gasteiger partial charge in [0.15, 0.2) is 9.84 Å². The second-order valence-corrected chi connectivity index (χ2v) is 8.43. The molecule has 0 atom stereocenters. The number of benzene rings is 2. The van der Waals surface area contributed by atoms with Crippen molar-refractivity contribution >= 4 is 25.8 Å². The Morgan fingerprint density at radius 2 is 1.68 bits per heavy atom. The summed E-state index contributed by atoms with van der Waals surface area (Å²) in [7, 11) is -3.25. The van der Waals surface area contributed by atoms with Crippen LogP contribution in [-0.4, -0.2) is 24.5 Å². The number of hydrogen-bond acceptors (Lipinski definition) is 4. The fourth-order valence-corrected chi connectivity index (χ4v) is 3.58. The van der Waals surface area contributed by atoms with Crippen LogP contribution in [0, 0.1) is 0 Å². The van der Waals surface area contributed by atoms with E-state index in [2.05, 4.69) is 21.0 Å². The van der Waals surface area contributed by atoms with E-state index in [0.29, 0.717) is 16.6 Å². The van der Waals surface area contributed by atoms with Crippen molar-refractivity contribution in [3.05, 3.63) is 81.2 Å². The molecule has 0 bridgehead atoms.